The Morgan fingerprint density at radius 3 is 2.17 bits per heavy atom. The van der Waals surface area contributed by atoms with E-state index in [9.17, 15) is 9.59 Å². The minimum atomic E-state index is -0.137. The monoisotopic (exact) mass is 335 g/mol. The summed E-state index contributed by atoms with van der Waals surface area (Å²) in [5.74, 6) is 0.696. The number of hydrogen-bond acceptors (Lipinski definition) is 3. The van der Waals surface area contributed by atoms with Gasteiger partial charge in [-0.2, -0.15) is 0 Å². The summed E-state index contributed by atoms with van der Waals surface area (Å²) < 4.78 is 1.62. The molecule has 1 heterocycles. The van der Waals surface area contributed by atoms with E-state index in [1.54, 1.807) is 22.8 Å². The molecular weight excluding hydrogens is 318 g/mol. The van der Waals surface area contributed by atoms with Gasteiger partial charge in [0.25, 0.3) is 5.56 Å². The molecule has 0 aliphatic heterocycles. The molecule has 24 heavy (non-hydrogen) atoms. The lowest BCUT2D eigenvalue weighted by molar-refractivity contribution is 0.103. The van der Waals surface area contributed by atoms with Crippen molar-refractivity contribution in [3.05, 3.63) is 94.3 Å². The Labute approximate surface area is 145 Å². The van der Waals surface area contributed by atoms with Gasteiger partial charge < -0.3 is 0 Å². The second-order valence-electron chi connectivity index (χ2n) is 5.19. The summed E-state index contributed by atoms with van der Waals surface area (Å²) in [4.78, 5) is 25.4. The molecule has 4 heteroatoms. The molecule has 2 aromatic carbocycles. The summed E-state index contributed by atoms with van der Waals surface area (Å²) in [6, 6.07) is 21.7. The van der Waals surface area contributed by atoms with Gasteiger partial charge in [-0.1, -0.05) is 55.5 Å². The number of rotatable bonds is 5. The average Bonchev–Trinajstić information content (AvgIpc) is 2.63. The fourth-order valence-corrected chi connectivity index (χ4v) is 3.45. The SMILES string of the molecule is CCSc1c(C(=O)c2ccccc2)ccc(=O)n1-c1ccccc1. The predicted octanol–water partition coefficient (Wildman–Crippen LogP) is 4.18. The van der Waals surface area contributed by atoms with Crippen molar-refractivity contribution in [2.75, 3.05) is 5.75 Å². The van der Waals surface area contributed by atoms with Crippen molar-refractivity contribution >= 4 is 17.5 Å². The highest BCUT2D eigenvalue weighted by Gasteiger charge is 2.18. The molecule has 0 aliphatic rings. The maximum atomic E-state index is 12.9. The summed E-state index contributed by atoms with van der Waals surface area (Å²) >= 11 is 1.50. The van der Waals surface area contributed by atoms with Crippen molar-refractivity contribution in [3.8, 4) is 5.69 Å². The number of aromatic nitrogens is 1. The van der Waals surface area contributed by atoms with Crippen molar-refractivity contribution in [3.63, 3.8) is 0 Å². The number of ketones is 1. The van der Waals surface area contributed by atoms with Crippen LogP contribution >= 0.6 is 11.8 Å². The highest BCUT2D eigenvalue weighted by molar-refractivity contribution is 7.99. The maximum Gasteiger partial charge on any atom is 0.255 e. The molecule has 0 saturated carbocycles. The van der Waals surface area contributed by atoms with Gasteiger partial charge >= 0.3 is 0 Å². The molecule has 3 aromatic rings. The topological polar surface area (TPSA) is 39.1 Å². The normalized spacial score (nSPS) is 10.5. The van der Waals surface area contributed by atoms with Gasteiger partial charge in [0, 0.05) is 17.3 Å². The van der Waals surface area contributed by atoms with Gasteiger partial charge in [-0.25, -0.2) is 0 Å². The van der Waals surface area contributed by atoms with E-state index in [1.807, 2.05) is 55.5 Å². The predicted molar refractivity (Wildman–Crippen MR) is 98.3 cm³/mol. The standard InChI is InChI=1S/C20H17NO2S/c1-2-24-20-17(19(23)15-9-5-3-6-10-15)13-14-18(22)21(20)16-11-7-4-8-12-16/h3-14H,2H2,1H3. The molecule has 1 aromatic heterocycles. The van der Waals surface area contributed by atoms with Gasteiger partial charge in [-0.05, 0) is 24.0 Å². The van der Waals surface area contributed by atoms with E-state index in [0.717, 1.165) is 11.4 Å². The van der Waals surface area contributed by atoms with E-state index >= 15 is 0 Å². The second-order valence-corrected chi connectivity index (χ2v) is 6.44. The van der Waals surface area contributed by atoms with Crippen LogP contribution in [0, 0.1) is 0 Å². The lowest BCUT2D eigenvalue weighted by atomic mass is 10.1. The number of carbonyl (C=O) groups is 1. The van der Waals surface area contributed by atoms with Gasteiger partial charge in [0.15, 0.2) is 5.78 Å². The number of carbonyl (C=O) groups excluding carboxylic acids is 1. The van der Waals surface area contributed by atoms with Gasteiger partial charge in [-0.15, -0.1) is 11.8 Å². The molecule has 0 amide bonds. The van der Waals surface area contributed by atoms with Crippen LogP contribution in [0.3, 0.4) is 0 Å². The Kier molecular flexibility index (Phi) is 4.96. The van der Waals surface area contributed by atoms with Crippen LogP contribution in [0.1, 0.15) is 22.8 Å². The summed E-state index contributed by atoms with van der Waals surface area (Å²) in [6.07, 6.45) is 0. The first-order chi connectivity index (χ1) is 11.7. The van der Waals surface area contributed by atoms with Crippen LogP contribution in [0.5, 0.6) is 0 Å². The zero-order valence-corrected chi connectivity index (χ0v) is 14.1. The van der Waals surface area contributed by atoms with Crippen LogP contribution in [0.15, 0.2) is 82.6 Å². The quantitative estimate of drug-likeness (QED) is 0.519. The van der Waals surface area contributed by atoms with Crippen molar-refractivity contribution in [1.29, 1.82) is 0 Å². The zero-order valence-electron chi connectivity index (χ0n) is 13.3. The third kappa shape index (κ3) is 3.19. The van der Waals surface area contributed by atoms with Crippen LogP contribution in [-0.4, -0.2) is 16.1 Å². The number of para-hydroxylation sites is 1. The highest BCUT2D eigenvalue weighted by atomic mass is 32.2. The number of pyridine rings is 1. The lowest BCUT2D eigenvalue weighted by Crippen LogP contribution is -2.22. The summed E-state index contributed by atoms with van der Waals surface area (Å²) in [7, 11) is 0. The zero-order chi connectivity index (χ0) is 16.9. The molecule has 3 nitrogen and oxygen atoms in total. The first-order valence-corrected chi connectivity index (χ1v) is 8.75. The third-order valence-electron chi connectivity index (χ3n) is 3.62. The van der Waals surface area contributed by atoms with Crippen molar-refractivity contribution in [1.82, 2.24) is 4.57 Å². The molecule has 0 radical (unpaired) electrons. The number of thioether (sulfide) groups is 1. The number of benzene rings is 2. The Bertz CT molecular complexity index is 902. The van der Waals surface area contributed by atoms with Crippen molar-refractivity contribution in [2.45, 2.75) is 11.9 Å². The van der Waals surface area contributed by atoms with Crippen LogP contribution < -0.4 is 5.56 Å². The third-order valence-corrected chi connectivity index (χ3v) is 4.59. The molecule has 0 aliphatic carbocycles. The molecule has 0 bridgehead atoms. The Morgan fingerprint density at radius 2 is 1.54 bits per heavy atom. The van der Waals surface area contributed by atoms with Crippen LogP contribution in [0.4, 0.5) is 0 Å². The summed E-state index contributed by atoms with van der Waals surface area (Å²) in [5.41, 5.74) is 1.80. The second kappa shape index (κ2) is 7.32. The summed E-state index contributed by atoms with van der Waals surface area (Å²) in [6.45, 7) is 2.01. The van der Waals surface area contributed by atoms with Crippen molar-refractivity contribution < 1.29 is 4.79 Å². The Hall–Kier alpha value is -2.59. The molecule has 0 saturated heterocycles. The first-order valence-electron chi connectivity index (χ1n) is 7.76. The van der Waals surface area contributed by atoms with Gasteiger partial charge in [0.1, 0.15) is 0 Å². The molecule has 3 rings (SSSR count). The maximum absolute atomic E-state index is 12.9. The Balaban J connectivity index is 2.21. The molecule has 120 valence electrons. The average molecular weight is 335 g/mol. The van der Waals surface area contributed by atoms with Crippen LogP contribution in [-0.2, 0) is 0 Å². The molecule has 0 fully saturated rings. The van der Waals surface area contributed by atoms with E-state index in [0.29, 0.717) is 16.2 Å². The lowest BCUT2D eigenvalue weighted by Gasteiger charge is -2.15. The van der Waals surface area contributed by atoms with Gasteiger partial charge in [-0.3, -0.25) is 14.2 Å². The van der Waals surface area contributed by atoms with E-state index in [-0.39, 0.29) is 11.3 Å². The smallest absolute Gasteiger partial charge is 0.255 e. The van der Waals surface area contributed by atoms with E-state index in [1.165, 1.54) is 17.8 Å². The summed E-state index contributed by atoms with van der Waals surface area (Å²) in [5, 5.41) is 0.685. The molecular formula is C20H17NO2S. The molecule has 0 atom stereocenters. The van der Waals surface area contributed by atoms with E-state index < -0.39 is 0 Å². The van der Waals surface area contributed by atoms with Crippen LogP contribution in [0.2, 0.25) is 0 Å². The molecule has 0 spiro atoms. The largest absolute Gasteiger partial charge is 0.289 e. The fourth-order valence-electron chi connectivity index (χ4n) is 2.54. The first kappa shape index (κ1) is 16.3. The highest BCUT2D eigenvalue weighted by Crippen LogP contribution is 2.26. The van der Waals surface area contributed by atoms with E-state index in [4.69, 9.17) is 0 Å². The Morgan fingerprint density at radius 1 is 0.917 bits per heavy atom. The molecule has 0 N–H and O–H groups in total. The van der Waals surface area contributed by atoms with Gasteiger partial charge in [0.2, 0.25) is 0 Å². The van der Waals surface area contributed by atoms with E-state index in [2.05, 4.69) is 0 Å². The number of hydrogen-bond donors (Lipinski definition) is 0. The van der Waals surface area contributed by atoms with Gasteiger partial charge in [0.05, 0.1) is 10.6 Å². The minimum absolute atomic E-state index is 0.0729. The van der Waals surface area contributed by atoms with Crippen molar-refractivity contribution in [2.24, 2.45) is 0 Å². The fraction of sp³-hybridized carbons (Fsp3) is 0.100. The van der Waals surface area contributed by atoms with Crippen LogP contribution in [0.25, 0.3) is 5.69 Å². The molecule has 0 unspecified atom stereocenters. The number of nitrogens with zero attached hydrogens (tertiary/aromatic N) is 1. The minimum Gasteiger partial charge on any atom is -0.289 e.